The van der Waals surface area contributed by atoms with E-state index in [0.29, 0.717) is 11.8 Å². The quantitative estimate of drug-likeness (QED) is 0.469. The Hall–Kier alpha value is -1.37. The van der Waals surface area contributed by atoms with Crippen LogP contribution in [0.3, 0.4) is 0 Å². The fourth-order valence-corrected chi connectivity index (χ4v) is 2.65. The van der Waals surface area contributed by atoms with E-state index in [9.17, 15) is 4.79 Å². The van der Waals surface area contributed by atoms with Crippen molar-refractivity contribution in [3.63, 3.8) is 0 Å². The minimum absolute atomic E-state index is 0.313. The van der Waals surface area contributed by atoms with Crippen molar-refractivity contribution in [2.24, 2.45) is 5.84 Å². The van der Waals surface area contributed by atoms with Crippen LogP contribution in [0.2, 0.25) is 0 Å². The first-order valence-electron chi connectivity index (χ1n) is 6.69. The molecule has 2 heterocycles. The molecule has 0 bridgehead atoms. The number of furan rings is 1. The molecule has 0 aromatic carbocycles. The SMILES string of the molecule is CCN1CCN(Cc2ccoc2C(=O)NN)CC1C. The van der Waals surface area contributed by atoms with Crippen molar-refractivity contribution in [1.29, 1.82) is 0 Å². The summed E-state index contributed by atoms with van der Waals surface area (Å²) >= 11 is 0. The summed E-state index contributed by atoms with van der Waals surface area (Å²) < 4.78 is 5.20. The summed E-state index contributed by atoms with van der Waals surface area (Å²) in [4.78, 5) is 16.3. The maximum absolute atomic E-state index is 11.5. The number of likely N-dealkylation sites (N-methyl/N-ethyl adjacent to an activating group) is 1. The van der Waals surface area contributed by atoms with Gasteiger partial charge in [0.05, 0.1) is 6.26 Å². The van der Waals surface area contributed by atoms with Crippen molar-refractivity contribution >= 4 is 5.91 Å². The van der Waals surface area contributed by atoms with Gasteiger partial charge >= 0.3 is 5.91 Å². The van der Waals surface area contributed by atoms with Gasteiger partial charge in [0, 0.05) is 37.8 Å². The van der Waals surface area contributed by atoms with Gasteiger partial charge in [-0.3, -0.25) is 20.0 Å². The lowest BCUT2D eigenvalue weighted by Gasteiger charge is -2.39. The predicted molar refractivity (Wildman–Crippen MR) is 72.3 cm³/mol. The first-order chi connectivity index (χ1) is 9.15. The van der Waals surface area contributed by atoms with E-state index < -0.39 is 0 Å². The Balaban J connectivity index is 1.99. The van der Waals surface area contributed by atoms with Gasteiger partial charge in [-0.1, -0.05) is 6.92 Å². The number of nitrogen functional groups attached to an aromatic ring is 1. The zero-order chi connectivity index (χ0) is 13.8. The number of carbonyl (C=O) groups is 1. The molecule has 106 valence electrons. The van der Waals surface area contributed by atoms with Crippen LogP contribution in [-0.4, -0.2) is 47.9 Å². The lowest BCUT2D eigenvalue weighted by atomic mass is 10.1. The van der Waals surface area contributed by atoms with Gasteiger partial charge in [-0.25, -0.2) is 5.84 Å². The fraction of sp³-hybridized carbons (Fsp3) is 0.615. The Kier molecular flexibility index (Phi) is 4.57. The Bertz CT molecular complexity index is 432. The van der Waals surface area contributed by atoms with E-state index in [0.717, 1.165) is 38.3 Å². The molecule has 1 aliphatic heterocycles. The molecule has 2 rings (SSSR count). The highest BCUT2D eigenvalue weighted by molar-refractivity contribution is 5.92. The molecule has 1 aliphatic rings. The average molecular weight is 266 g/mol. The van der Waals surface area contributed by atoms with Crippen LogP contribution in [0.4, 0.5) is 0 Å². The van der Waals surface area contributed by atoms with E-state index in [4.69, 9.17) is 10.3 Å². The Morgan fingerprint density at radius 3 is 3.00 bits per heavy atom. The molecule has 6 heteroatoms. The first-order valence-corrected chi connectivity index (χ1v) is 6.69. The van der Waals surface area contributed by atoms with Gasteiger partial charge in [-0.2, -0.15) is 0 Å². The summed E-state index contributed by atoms with van der Waals surface area (Å²) in [6.07, 6.45) is 1.53. The maximum Gasteiger partial charge on any atom is 0.301 e. The Morgan fingerprint density at radius 1 is 1.58 bits per heavy atom. The molecule has 19 heavy (non-hydrogen) atoms. The maximum atomic E-state index is 11.5. The molecule has 1 amide bonds. The summed E-state index contributed by atoms with van der Waals surface area (Å²) in [7, 11) is 0. The van der Waals surface area contributed by atoms with E-state index in [1.54, 1.807) is 0 Å². The topological polar surface area (TPSA) is 74.7 Å². The van der Waals surface area contributed by atoms with Crippen molar-refractivity contribution in [2.45, 2.75) is 26.4 Å². The van der Waals surface area contributed by atoms with Crippen LogP contribution in [0.1, 0.15) is 30.0 Å². The van der Waals surface area contributed by atoms with Gasteiger partial charge in [0.2, 0.25) is 0 Å². The molecular weight excluding hydrogens is 244 g/mol. The van der Waals surface area contributed by atoms with Crippen molar-refractivity contribution in [2.75, 3.05) is 26.2 Å². The monoisotopic (exact) mass is 266 g/mol. The van der Waals surface area contributed by atoms with Crippen LogP contribution < -0.4 is 11.3 Å². The molecule has 6 nitrogen and oxygen atoms in total. The largest absolute Gasteiger partial charge is 0.459 e. The van der Waals surface area contributed by atoms with E-state index in [1.807, 2.05) is 6.07 Å². The van der Waals surface area contributed by atoms with Gasteiger partial charge in [-0.15, -0.1) is 0 Å². The number of hydrazine groups is 1. The number of nitrogens with two attached hydrogens (primary N) is 1. The molecule has 0 spiro atoms. The number of amides is 1. The molecule has 1 aromatic rings. The second kappa shape index (κ2) is 6.18. The second-order valence-corrected chi connectivity index (χ2v) is 4.96. The molecule has 1 fully saturated rings. The van der Waals surface area contributed by atoms with E-state index in [2.05, 4.69) is 29.1 Å². The third-order valence-electron chi connectivity index (χ3n) is 3.73. The highest BCUT2D eigenvalue weighted by Gasteiger charge is 2.24. The van der Waals surface area contributed by atoms with Gasteiger partial charge in [0.1, 0.15) is 0 Å². The Morgan fingerprint density at radius 2 is 2.37 bits per heavy atom. The normalized spacial score (nSPS) is 21.5. The zero-order valence-corrected chi connectivity index (χ0v) is 11.6. The van der Waals surface area contributed by atoms with E-state index in [-0.39, 0.29) is 5.91 Å². The first kappa shape index (κ1) is 14.0. The van der Waals surface area contributed by atoms with Crippen molar-refractivity contribution in [3.8, 4) is 0 Å². The summed E-state index contributed by atoms with van der Waals surface area (Å²) in [6, 6.07) is 2.37. The fourth-order valence-electron chi connectivity index (χ4n) is 2.65. The number of carbonyl (C=O) groups excluding carboxylic acids is 1. The lowest BCUT2D eigenvalue weighted by molar-refractivity contribution is 0.0819. The van der Waals surface area contributed by atoms with Gasteiger partial charge < -0.3 is 4.42 Å². The second-order valence-electron chi connectivity index (χ2n) is 4.96. The zero-order valence-electron chi connectivity index (χ0n) is 11.6. The molecule has 1 unspecified atom stereocenters. The number of rotatable bonds is 4. The summed E-state index contributed by atoms with van der Waals surface area (Å²) in [5, 5.41) is 0. The predicted octanol–water partition coefficient (Wildman–Crippen LogP) is 0.409. The highest BCUT2D eigenvalue weighted by atomic mass is 16.3. The van der Waals surface area contributed by atoms with E-state index in [1.165, 1.54) is 6.26 Å². The van der Waals surface area contributed by atoms with Gasteiger partial charge in [0.15, 0.2) is 5.76 Å². The summed E-state index contributed by atoms with van der Waals surface area (Å²) in [5.74, 6) is 5.08. The number of hydrogen-bond donors (Lipinski definition) is 2. The molecule has 1 aromatic heterocycles. The molecular formula is C13H22N4O2. The standard InChI is InChI=1S/C13H22N4O2/c1-3-17-6-5-16(8-10(17)2)9-11-4-7-19-12(11)13(18)15-14/h4,7,10H,3,5-6,8-9,14H2,1-2H3,(H,15,18). The summed E-state index contributed by atoms with van der Waals surface area (Å²) in [5.41, 5.74) is 3.00. The van der Waals surface area contributed by atoms with Crippen LogP contribution in [0.25, 0.3) is 0 Å². The van der Waals surface area contributed by atoms with E-state index >= 15 is 0 Å². The highest BCUT2D eigenvalue weighted by Crippen LogP contribution is 2.16. The van der Waals surface area contributed by atoms with Crippen molar-refractivity contribution in [3.05, 3.63) is 23.7 Å². The minimum atomic E-state index is -0.375. The summed E-state index contributed by atoms with van der Waals surface area (Å²) in [6.45, 7) is 9.30. The molecule has 3 N–H and O–H groups in total. The number of piperazine rings is 1. The third-order valence-corrected chi connectivity index (χ3v) is 3.73. The van der Waals surface area contributed by atoms with Crippen LogP contribution in [0.15, 0.2) is 16.7 Å². The molecule has 0 aliphatic carbocycles. The van der Waals surface area contributed by atoms with Crippen molar-refractivity contribution < 1.29 is 9.21 Å². The molecule has 1 atom stereocenters. The van der Waals surface area contributed by atoms with Gasteiger partial charge in [0.25, 0.3) is 0 Å². The average Bonchev–Trinajstić information content (AvgIpc) is 2.86. The smallest absolute Gasteiger partial charge is 0.301 e. The molecule has 0 radical (unpaired) electrons. The lowest BCUT2D eigenvalue weighted by Crippen LogP contribution is -2.51. The van der Waals surface area contributed by atoms with Crippen LogP contribution in [0, 0.1) is 0 Å². The van der Waals surface area contributed by atoms with Crippen molar-refractivity contribution in [1.82, 2.24) is 15.2 Å². The third kappa shape index (κ3) is 3.15. The van der Waals surface area contributed by atoms with Crippen LogP contribution in [0.5, 0.6) is 0 Å². The van der Waals surface area contributed by atoms with Crippen LogP contribution in [-0.2, 0) is 6.54 Å². The van der Waals surface area contributed by atoms with Crippen LogP contribution >= 0.6 is 0 Å². The van der Waals surface area contributed by atoms with Gasteiger partial charge in [-0.05, 0) is 19.5 Å². The number of hydrogen-bond acceptors (Lipinski definition) is 5. The molecule has 0 saturated carbocycles. The number of nitrogens with zero attached hydrogens (tertiary/aromatic N) is 2. The minimum Gasteiger partial charge on any atom is -0.459 e. The number of nitrogens with one attached hydrogen (secondary N) is 1. The molecule has 1 saturated heterocycles. The Labute approximate surface area is 113 Å².